The van der Waals surface area contributed by atoms with Crippen molar-refractivity contribution in [2.75, 3.05) is 0 Å². The van der Waals surface area contributed by atoms with Crippen molar-refractivity contribution in [3.63, 3.8) is 0 Å². The van der Waals surface area contributed by atoms with Crippen LogP contribution in [0.15, 0.2) is 0 Å². The summed E-state index contributed by atoms with van der Waals surface area (Å²) in [6, 6.07) is 0. The zero-order valence-corrected chi connectivity index (χ0v) is 9.13. The topological polar surface area (TPSA) is 135 Å². The molecule has 0 bridgehead atoms. The maximum Gasteiger partial charge on any atom is 1.00 e. The summed E-state index contributed by atoms with van der Waals surface area (Å²) in [5.74, 6) is 0. The average Bonchev–Trinajstić information content (AvgIpc) is 1.38. The summed E-state index contributed by atoms with van der Waals surface area (Å²) in [5.41, 5.74) is 0. The maximum atomic E-state index is 8.72. The molecule has 0 unspecified atom stereocenters. The Kier molecular flexibility index (Phi) is 81.6. The molecule has 0 atom stereocenters. The van der Waals surface area contributed by atoms with Crippen LogP contribution in [0.5, 0.6) is 0 Å². The van der Waals surface area contributed by atoms with Gasteiger partial charge in [0.15, 0.2) is 0 Å². The summed E-state index contributed by atoms with van der Waals surface area (Å²) in [7, 11) is 0. The van der Waals surface area contributed by atoms with Crippen LogP contribution in [0.3, 0.4) is 0 Å². The molecule has 6 nitrogen and oxygen atoms in total. The van der Waals surface area contributed by atoms with Crippen molar-refractivity contribution in [3.05, 3.63) is 0 Å². The Morgan fingerprint density at radius 1 is 1.22 bits per heavy atom. The molecule has 0 spiro atoms. The van der Waals surface area contributed by atoms with Crippen molar-refractivity contribution in [1.29, 1.82) is 0 Å². The average molecular weight is 158 g/mol. The Morgan fingerprint density at radius 3 is 1.33 bits per heavy atom. The number of carboxylic acid groups (broad SMARTS) is 1. The summed E-state index contributed by atoms with van der Waals surface area (Å²) < 4.78 is 0. The van der Waals surface area contributed by atoms with Gasteiger partial charge in [-0.25, -0.2) is 0 Å². The molecule has 0 fully saturated rings. The second kappa shape index (κ2) is 22.9. The van der Waals surface area contributed by atoms with Crippen LogP contribution in [-0.4, -0.2) is 17.1 Å². The molecule has 0 aliphatic heterocycles. The molecule has 0 aromatic rings. The molecule has 0 rings (SSSR count). The molecule has 9 heavy (non-hydrogen) atoms. The Labute approximate surface area is 95.3 Å². The fourth-order valence-corrected chi connectivity index (χ4v) is 0. The molecular formula is CH4Na2O6. The van der Waals surface area contributed by atoms with Gasteiger partial charge in [-0.3, -0.25) is 0 Å². The zero-order valence-electron chi connectivity index (χ0n) is 5.13. The molecule has 46 valence electrons. The van der Waals surface area contributed by atoms with Gasteiger partial charge in [0.2, 0.25) is 6.16 Å². The van der Waals surface area contributed by atoms with Crippen molar-refractivity contribution in [1.82, 2.24) is 0 Å². The molecule has 0 saturated heterocycles. The van der Waals surface area contributed by atoms with Gasteiger partial charge in [0.25, 0.3) is 0 Å². The third-order valence-electron chi connectivity index (χ3n) is 0.0680. The van der Waals surface area contributed by atoms with E-state index < -0.39 is 6.16 Å². The minimum absolute atomic E-state index is 0. The summed E-state index contributed by atoms with van der Waals surface area (Å²) in [5, 5.41) is 17.2. The smallest absolute Gasteiger partial charge is 0.755 e. The van der Waals surface area contributed by atoms with Gasteiger partial charge in [-0.05, 0) is 0 Å². The molecule has 8 heteroatoms. The maximum absolute atomic E-state index is 8.72. The van der Waals surface area contributed by atoms with Gasteiger partial charge >= 0.3 is 59.1 Å². The van der Waals surface area contributed by atoms with Gasteiger partial charge < -0.3 is 31.0 Å². The van der Waals surface area contributed by atoms with Crippen LogP contribution < -0.4 is 69.5 Å². The minimum atomic E-state index is -2.05. The summed E-state index contributed by atoms with van der Waals surface area (Å²) >= 11 is 0. The van der Waals surface area contributed by atoms with Crippen LogP contribution in [0.4, 0.5) is 4.79 Å². The summed E-state index contributed by atoms with van der Waals surface area (Å²) in [4.78, 5) is 11.0. The first-order valence-electron chi connectivity index (χ1n) is 0.779. The van der Waals surface area contributed by atoms with E-state index in [9.17, 15) is 0 Å². The third kappa shape index (κ3) is 47.1. The van der Waals surface area contributed by atoms with Gasteiger partial charge in [0.1, 0.15) is 0 Å². The van der Waals surface area contributed by atoms with E-state index in [4.69, 9.17) is 15.2 Å². The van der Waals surface area contributed by atoms with E-state index in [0.29, 0.717) is 0 Å². The Balaban J connectivity index is -0.0000000133. The van der Waals surface area contributed by atoms with Crippen molar-refractivity contribution in [2.45, 2.75) is 0 Å². The molecule has 0 aliphatic rings. The van der Waals surface area contributed by atoms with Crippen LogP contribution in [-0.2, 0) is 4.89 Å². The van der Waals surface area contributed by atoms with Gasteiger partial charge in [-0.2, -0.15) is 0 Å². The molecule has 0 amide bonds. The van der Waals surface area contributed by atoms with Crippen molar-refractivity contribution in [2.24, 2.45) is 0 Å². The largest absolute Gasteiger partial charge is 1.00 e. The molecule has 0 radical (unpaired) electrons. The van der Waals surface area contributed by atoms with E-state index in [0.717, 1.165) is 0 Å². The van der Waals surface area contributed by atoms with Gasteiger partial charge in [0, 0.05) is 0 Å². The molecule has 4 N–H and O–H groups in total. The molecule has 0 heterocycles. The number of hydrogen-bond donors (Lipinski definition) is 0. The van der Waals surface area contributed by atoms with Crippen LogP contribution in [0.2, 0.25) is 0 Å². The first-order valence-corrected chi connectivity index (χ1v) is 0.779. The van der Waals surface area contributed by atoms with Crippen molar-refractivity contribution in [3.8, 4) is 0 Å². The summed E-state index contributed by atoms with van der Waals surface area (Å²) in [6.45, 7) is 0. The Bertz CT molecular complexity index is 46.3. The molecular weight excluding hydrogens is 154 g/mol. The zero-order chi connectivity index (χ0) is 4.28. The normalized spacial score (nSPS) is 3.67. The van der Waals surface area contributed by atoms with E-state index in [2.05, 4.69) is 4.89 Å². The number of rotatable bonds is 0. The van der Waals surface area contributed by atoms with E-state index in [1.54, 1.807) is 0 Å². The van der Waals surface area contributed by atoms with Gasteiger partial charge in [0.05, 0.1) is 0 Å². The monoisotopic (exact) mass is 158 g/mol. The van der Waals surface area contributed by atoms with E-state index >= 15 is 0 Å². The molecule has 0 aromatic heterocycles. The van der Waals surface area contributed by atoms with E-state index in [1.165, 1.54) is 0 Å². The second-order valence-electron chi connectivity index (χ2n) is 0.333. The van der Waals surface area contributed by atoms with Gasteiger partial charge in [-0.1, -0.05) is 0 Å². The van der Waals surface area contributed by atoms with Crippen LogP contribution >= 0.6 is 0 Å². The SMILES string of the molecule is O.O.O=C([O-])O[O-].[Na+].[Na+]. The molecule has 0 aromatic carbocycles. The van der Waals surface area contributed by atoms with Crippen LogP contribution in [0.25, 0.3) is 0 Å². The first kappa shape index (κ1) is 32.0. The third-order valence-corrected chi connectivity index (χ3v) is 0.0680. The van der Waals surface area contributed by atoms with Crippen LogP contribution in [0, 0.1) is 0 Å². The standard InChI is InChI=1S/CH2O4.2Na.2H2O/c2-1(3)5-4;;;;/h4H,(H,2,3);;;2*1H2/q;2*+1;;/p-2. The fraction of sp³-hybridized carbons (Fsp3) is 0. The quantitative estimate of drug-likeness (QED) is 0.196. The fourth-order valence-electron chi connectivity index (χ4n) is 0. The Morgan fingerprint density at radius 2 is 1.33 bits per heavy atom. The predicted octanol–water partition coefficient (Wildman–Crippen LogP) is -10.0. The van der Waals surface area contributed by atoms with Crippen molar-refractivity contribution >= 4 is 6.16 Å². The van der Waals surface area contributed by atoms with Crippen LogP contribution in [0.1, 0.15) is 0 Å². The first-order chi connectivity index (χ1) is 2.27. The Hall–Kier alpha value is 1.15. The molecule has 0 aliphatic carbocycles. The minimum Gasteiger partial charge on any atom is -0.755 e. The summed E-state index contributed by atoms with van der Waals surface area (Å²) in [6.07, 6.45) is -2.05. The number of hydrogen-bond acceptors (Lipinski definition) is 4. The predicted molar refractivity (Wildman–Crippen MR) is 13.7 cm³/mol. The van der Waals surface area contributed by atoms with Gasteiger partial charge in [-0.15, -0.1) is 0 Å². The number of carbonyl (C=O) groups is 1. The van der Waals surface area contributed by atoms with E-state index in [1.807, 2.05) is 0 Å². The van der Waals surface area contributed by atoms with Crippen molar-refractivity contribution < 1.29 is 90.1 Å². The second-order valence-corrected chi connectivity index (χ2v) is 0.333. The molecule has 0 saturated carbocycles. The van der Waals surface area contributed by atoms with E-state index in [-0.39, 0.29) is 70.1 Å². The number of carbonyl (C=O) groups excluding carboxylic acids is 1.